The van der Waals surface area contributed by atoms with Crippen LogP contribution in [0.3, 0.4) is 0 Å². The van der Waals surface area contributed by atoms with Crippen molar-refractivity contribution in [1.29, 1.82) is 0 Å². The zero-order valence-corrected chi connectivity index (χ0v) is 28.4. The molecule has 2 heterocycles. The lowest BCUT2D eigenvalue weighted by Gasteiger charge is -2.35. The van der Waals surface area contributed by atoms with Gasteiger partial charge in [-0.1, -0.05) is 53.9 Å². The molecule has 242 valence electrons. The first kappa shape index (κ1) is 33.1. The number of rotatable bonds is 10. The zero-order valence-electron chi connectivity index (χ0n) is 26.8. The molecule has 0 spiro atoms. The molecule has 5 rings (SSSR count). The Labute approximate surface area is 269 Å². The Morgan fingerprint density at radius 2 is 1.29 bits per heavy atom. The van der Waals surface area contributed by atoms with Crippen molar-refractivity contribution in [2.75, 3.05) is 50.7 Å². The minimum atomic E-state index is -4.06. The zero-order chi connectivity index (χ0) is 32.2. The van der Waals surface area contributed by atoms with Gasteiger partial charge in [0, 0.05) is 31.9 Å². The summed E-state index contributed by atoms with van der Waals surface area (Å²) in [6.07, 6.45) is 2.43. The Morgan fingerprint density at radius 1 is 0.733 bits per heavy atom. The van der Waals surface area contributed by atoms with Gasteiger partial charge >= 0.3 is 0 Å². The summed E-state index contributed by atoms with van der Waals surface area (Å²) in [5, 5.41) is 0. The molecule has 0 radical (unpaired) electrons. The van der Waals surface area contributed by atoms with Gasteiger partial charge in [-0.15, -0.1) is 4.40 Å². The normalized spacial score (nSPS) is 18.8. The van der Waals surface area contributed by atoms with Crippen LogP contribution in [0.1, 0.15) is 56.0 Å². The van der Waals surface area contributed by atoms with Crippen LogP contribution in [0.25, 0.3) is 0 Å². The highest BCUT2D eigenvalue weighted by Crippen LogP contribution is 2.37. The van der Waals surface area contributed by atoms with Crippen LogP contribution in [0, 0.1) is 13.8 Å². The molecule has 0 aromatic heterocycles. The molecule has 2 aliphatic heterocycles. The molecule has 2 fully saturated rings. The standard InChI is InChI=1S/C34H45N5O4S2/c1-5-37(6-2)30-16-14-29(15-17-30)34-38(24-25-39(34)45(42,43)32-20-12-28(4)13-21-32)33(26-36-22-8-7-9-23-36)35-44(40,41)31-18-10-27(3)11-19-31/h10-21,34H,5-9,22-26H2,1-4H3/b35-33-. The first-order valence-electron chi connectivity index (χ1n) is 15.9. The first-order valence-corrected chi connectivity index (χ1v) is 18.7. The van der Waals surface area contributed by atoms with Crippen molar-refractivity contribution in [3.05, 3.63) is 89.5 Å². The average Bonchev–Trinajstić information content (AvgIpc) is 3.49. The van der Waals surface area contributed by atoms with Crippen LogP contribution in [0.15, 0.2) is 87.0 Å². The Kier molecular flexibility index (Phi) is 10.3. The molecule has 11 heteroatoms. The topological polar surface area (TPSA) is 93.6 Å². The fourth-order valence-electron chi connectivity index (χ4n) is 6.16. The van der Waals surface area contributed by atoms with Gasteiger partial charge in [-0.2, -0.15) is 12.7 Å². The molecule has 3 aromatic carbocycles. The second-order valence-electron chi connectivity index (χ2n) is 11.9. The molecule has 0 amide bonds. The Hall–Kier alpha value is -3.25. The van der Waals surface area contributed by atoms with Crippen LogP contribution < -0.4 is 4.90 Å². The maximum atomic E-state index is 14.2. The smallest absolute Gasteiger partial charge is 0.283 e. The summed E-state index contributed by atoms with van der Waals surface area (Å²) in [5.41, 5.74) is 3.73. The number of hydrogen-bond donors (Lipinski definition) is 0. The number of amidine groups is 1. The van der Waals surface area contributed by atoms with Crippen LogP contribution in [0.4, 0.5) is 5.69 Å². The quantitative estimate of drug-likeness (QED) is 0.213. The molecule has 45 heavy (non-hydrogen) atoms. The summed E-state index contributed by atoms with van der Waals surface area (Å²) in [6, 6.07) is 21.5. The van der Waals surface area contributed by atoms with E-state index in [2.05, 4.69) is 28.0 Å². The average molecular weight is 652 g/mol. The fourth-order valence-corrected chi connectivity index (χ4v) is 8.75. The third-order valence-corrected chi connectivity index (χ3v) is 12.0. The van der Waals surface area contributed by atoms with Crippen LogP contribution in [0.5, 0.6) is 0 Å². The van der Waals surface area contributed by atoms with Gasteiger partial charge in [-0.05, 0) is 95.6 Å². The SMILES string of the molecule is CCN(CC)c1ccc(C2N(/C(CN3CCCCC3)=N\S(=O)(=O)c3ccc(C)cc3)CCN2S(=O)(=O)c2ccc(C)cc2)cc1. The van der Waals surface area contributed by atoms with Gasteiger partial charge in [-0.3, -0.25) is 4.90 Å². The molecule has 9 nitrogen and oxygen atoms in total. The molecular weight excluding hydrogens is 607 g/mol. The van der Waals surface area contributed by atoms with Crippen molar-refractivity contribution in [3.63, 3.8) is 0 Å². The molecule has 0 aliphatic carbocycles. The molecule has 0 bridgehead atoms. The third-order valence-electron chi connectivity index (χ3n) is 8.77. The molecule has 0 N–H and O–H groups in total. The molecule has 2 saturated heterocycles. The number of hydrogen-bond acceptors (Lipinski definition) is 6. The van der Waals surface area contributed by atoms with E-state index >= 15 is 0 Å². The van der Waals surface area contributed by atoms with Gasteiger partial charge < -0.3 is 9.80 Å². The van der Waals surface area contributed by atoms with Crippen molar-refractivity contribution in [1.82, 2.24) is 14.1 Å². The highest BCUT2D eigenvalue weighted by molar-refractivity contribution is 7.90. The Morgan fingerprint density at radius 3 is 1.84 bits per heavy atom. The summed E-state index contributed by atoms with van der Waals surface area (Å²) in [5.74, 6) is 0.358. The molecule has 2 aliphatic rings. The van der Waals surface area contributed by atoms with E-state index < -0.39 is 26.2 Å². The van der Waals surface area contributed by atoms with Crippen LogP contribution in [-0.2, 0) is 20.0 Å². The third kappa shape index (κ3) is 7.43. The van der Waals surface area contributed by atoms with Gasteiger partial charge in [0.15, 0.2) is 0 Å². The fraction of sp³-hybridized carbons (Fsp3) is 0.441. The highest BCUT2D eigenvalue weighted by Gasteiger charge is 2.43. The number of nitrogens with zero attached hydrogens (tertiary/aromatic N) is 5. The Bertz CT molecular complexity index is 1680. The Balaban J connectivity index is 1.62. The number of sulfonamides is 2. The van der Waals surface area contributed by atoms with E-state index in [0.29, 0.717) is 18.9 Å². The van der Waals surface area contributed by atoms with E-state index in [1.165, 1.54) is 4.31 Å². The predicted octanol–water partition coefficient (Wildman–Crippen LogP) is 5.43. The van der Waals surface area contributed by atoms with Gasteiger partial charge in [0.25, 0.3) is 10.0 Å². The van der Waals surface area contributed by atoms with E-state index in [0.717, 1.165) is 67.8 Å². The van der Waals surface area contributed by atoms with Gasteiger partial charge in [0.05, 0.1) is 16.3 Å². The lowest BCUT2D eigenvalue weighted by atomic mass is 10.1. The molecule has 3 aromatic rings. The van der Waals surface area contributed by atoms with E-state index in [1.807, 2.05) is 43.0 Å². The summed E-state index contributed by atoms with van der Waals surface area (Å²) in [4.78, 5) is 6.67. The summed E-state index contributed by atoms with van der Waals surface area (Å²) in [7, 11) is -7.99. The number of anilines is 1. The second-order valence-corrected chi connectivity index (χ2v) is 15.4. The van der Waals surface area contributed by atoms with Crippen molar-refractivity contribution >= 4 is 31.6 Å². The number of likely N-dealkylation sites (tertiary alicyclic amines) is 1. The van der Waals surface area contributed by atoms with Crippen LogP contribution >= 0.6 is 0 Å². The lowest BCUT2D eigenvalue weighted by molar-refractivity contribution is 0.235. The maximum absolute atomic E-state index is 14.2. The van der Waals surface area contributed by atoms with Crippen LogP contribution in [0.2, 0.25) is 0 Å². The second kappa shape index (κ2) is 14.0. The number of benzene rings is 3. The van der Waals surface area contributed by atoms with Crippen LogP contribution in [-0.4, -0.2) is 82.6 Å². The monoisotopic (exact) mass is 651 g/mol. The van der Waals surface area contributed by atoms with Crippen molar-refractivity contribution in [3.8, 4) is 0 Å². The van der Waals surface area contributed by atoms with E-state index in [9.17, 15) is 16.8 Å². The van der Waals surface area contributed by atoms with Gasteiger partial charge in [0.2, 0.25) is 10.0 Å². The van der Waals surface area contributed by atoms with E-state index in [1.54, 1.807) is 48.5 Å². The maximum Gasteiger partial charge on any atom is 0.283 e. The van der Waals surface area contributed by atoms with E-state index in [4.69, 9.17) is 0 Å². The van der Waals surface area contributed by atoms with Crippen molar-refractivity contribution in [2.45, 2.75) is 62.9 Å². The molecule has 1 atom stereocenters. The summed E-state index contributed by atoms with van der Waals surface area (Å²) < 4.78 is 61.9. The van der Waals surface area contributed by atoms with Crippen molar-refractivity contribution in [2.24, 2.45) is 4.40 Å². The predicted molar refractivity (Wildman–Crippen MR) is 181 cm³/mol. The lowest BCUT2D eigenvalue weighted by Crippen LogP contribution is -2.44. The summed E-state index contributed by atoms with van der Waals surface area (Å²) >= 11 is 0. The molecular formula is C34H45N5O4S2. The van der Waals surface area contributed by atoms with Gasteiger partial charge in [0.1, 0.15) is 12.0 Å². The first-order chi connectivity index (χ1) is 21.5. The largest absolute Gasteiger partial charge is 0.372 e. The minimum Gasteiger partial charge on any atom is -0.372 e. The van der Waals surface area contributed by atoms with Crippen molar-refractivity contribution < 1.29 is 16.8 Å². The molecule has 1 unspecified atom stereocenters. The minimum absolute atomic E-state index is 0.118. The molecule has 0 saturated carbocycles. The van der Waals surface area contributed by atoms with Gasteiger partial charge in [-0.25, -0.2) is 8.42 Å². The highest BCUT2D eigenvalue weighted by atomic mass is 32.2. The van der Waals surface area contributed by atoms with E-state index in [-0.39, 0.29) is 16.3 Å². The summed E-state index contributed by atoms with van der Waals surface area (Å²) in [6.45, 7) is 12.2. The number of aryl methyl sites for hydroxylation is 2. The number of piperidine rings is 1.